The third kappa shape index (κ3) is 3.92. The van der Waals surface area contributed by atoms with E-state index in [1.165, 1.54) is 13.2 Å². The summed E-state index contributed by atoms with van der Waals surface area (Å²) >= 11 is 0. The normalized spacial score (nSPS) is 12.4. The van der Waals surface area contributed by atoms with Gasteiger partial charge >= 0.3 is 5.97 Å². The van der Waals surface area contributed by atoms with E-state index >= 15 is 0 Å². The first-order valence-electron chi connectivity index (χ1n) is 5.22. The lowest BCUT2D eigenvalue weighted by Crippen LogP contribution is -2.03. The number of rotatable bonds is 5. The van der Waals surface area contributed by atoms with Gasteiger partial charge in [0, 0.05) is 12.0 Å². The number of aliphatic hydroxyl groups excluding tert-OH is 1. The van der Waals surface area contributed by atoms with E-state index in [1.54, 1.807) is 13.2 Å². The Morgan fingerprint density at radius 3 is 2.47 bits per heavy atom. The van der Waals surface area contributed by atoms with Crippen LogP contribution in [0.4, 0.5) is 0 Å². The maximum atomic E-state index is 11.0. The zero-order chi connectivity index (χ0) is 12.7. The minimum absolute atomic E-state index is 0.0696. The van der Waals surface area contributed by atoms with Gasteiger partial charge in [-0.25, -0.2) is 4.79 Å². The minimum atomic E-state index is -0.433. The number of hydrogen-bond donors (Lipinski definition) is 1. The van der Waals surface area contributed by atoms with Crippen molar-refractivity contribution in [2.75, 3.05) is 20.8 Å². The van der Waals surface area contributed by atoms with Gasteiger partial charge in [0.25, 0.3) is 0 Å². The Morgan fingerprint density at radius 1 is 1.35 bits per heavy atom. The van der Waals surface area contributed by atoms with E-state index in [-0.39, 0.29) is 12.5 Å². The van der Waals surface area contributed by atoms with Crippen molar-refractivity contribution in [3.05, 3.63) is 42.0 Å². The first kappa shape index (κ1) is 13.3. The lowest BCUT2D eigenvalue weighted by molar-refractivity contribution is -0.134. The van der Waals surface area contributed by atoms with Crippen LogP contribution < -0.4 is 4.74 Å². The Hall–Kier alpha value is -1.81. The highest BCUT2D eigenvalue weighted by molar-refractivity contribution is 5.81. The van der Waals surface area contributed by atoms with Gasteiger partial charge in [-0.2, -0.15) is 0 Å². The van der Waals surface area contributed by atoms with Gasteiger partial charge in [-0.3, -0.25) is 0 Å². The molecule has 0 aliphatic rings. The van der Waals surface area contributed by atoms with E-state index in [4.69, 9.17) is 4.74 Å². The predicted molar refractivity (Wildman–Crippen MR) is 64.0 cm³/mol. The molecule has 1 N–H and O–H groups in total. The van der Waals surface area contributed by atoms with Crippen molar-refractivity contribution in [3.63, 3.8) is 0 Å². The molecule has 4 heteroatoms. The summed E-state index contributed by atoms with van der Waals surface area (Å²) in [5, 5.41) is 9.26. The van der Waals surface area contributed by atoms with E-state index in [0.29, 0.717) is 0 Å². The Labute approximate surface area is 100 Å². The second kappa shape index (κ2) is 6.70. The van der Waals surface area contributed by atoms with Gasteiger partial charge in [-0.1, -0.05) is 18.2 Å². The molecule has 0 saturated carbocycles. The molecule has 0 aliphatic carbocycles. The van der Waals surface area contributed by atoms with Crippen LogP contribution in [0.15, 0.2) is 36.4 Å². The molecule has 0 heterocycles. The molecule has 1 aromatic carbocycles. The van der Waals surface area contributed by atoms with E-state index in [2.05, 4.69) is 4.74 Å². The summed E-state index contributed by atoms with van der Waals surface area (Å²) in [4.78, 5) is 11.0. The highest BCUT2D eigenvalue weighted by atomic mass is 16.5. The average Bonchev–Trinajstić information content (AvgIpc) is 2.39. The molecule has 0 saturated heterocycles. The van der Waals surface area contributed by atoms with Gasteiger partial charge in [0.05, 0.1) is 20.8 Å². The molecule has 0 aliphatic heterocycles. The molecular formula is C13H16O4. The quantitative estimate of drug-likeness (QED) is 0.621. The maximum absolute atomic E-state index is 11.0. The molecule has 0 bridgehead atoms. The predicted octanol–water partition coefficient (Wildman–Crippen LogP) is 1.50. The summed E-state index contributed by atoms with van der Waals surface area (Å²) in [6.45, 7) is -0.0696. The summed E-state index contributed by atoms with van der Waals surface area (Å²) in [5.41, 5.74) is 0.911. The molecule has 17 heavy (non-hydrogen) atoms. The molecule has 0 spiro atoms. The van der Waals surface area contributed by atoms with E-state index in [0.717, 1.165) is 11.3 Å². The van der Waals surface area contributed by atoms with Crippen LogP contribution in [0.5, 0.6) is 5.75 Å². The lowest BCUT2D eigenvalue weighted by atomic mass is 9.99. The van der Waals surface area contributed by atoms with Crippen molar-refractivity contribution < 1.29 is 19.4 Å². The van der Waals surface area contributed by atoms with Crippen LogP contribution in [-0.2, 0) is 9.53 Å². The second-order valence-corrected chi connectivity index (χ2v) is 3.44. The largest absolute Gasteiger partial charge is 0.497 e. The first-order chi connectivity index (χ1) is 8.21. The molecule has 0 radical (unpaired) electrons. The van der Waals surface area contributed by atoms with Crippen molar-refractivity contribution in [2.45, 2.75) is 5.92 Å². The molecule has 4 nitrogen and oxygen atoms in total. The molecule has 1 aromatic rings. The summed E-state index contributed by atoms with van der Waals surface area (Å²) in [6.07, 6.45) is 2.93. The molecule has 0 amide bonds. The van der Waals surface area contributed by atoms with Crippen molar-refractivity contribution >= 4 is 5.97 Å². The topological polar surface area (TPSA) is 55.8 Å². The zero-order valence-electron chi connectivity index (χ0n) is 9.92. The van der Waals surface area contributed by atoms with Crippen LogP contribution in [0.1, 0.15) is 11.5 Å². The Balaban J connectivity index is 2.78. The van der Waals surface area contributed by atoms with Crippen LogP contribution in [-0.4, -0.2) is 31.9 Å². The fourth-order valence-electron chi connectivity index (χ4n) is 1.39. The van der Waals surface area contributed by atoms with Gasteiger partial charge in [-0.15, -0.1) is 0 Å². The number of benzene rings is 1. The minimum Gasteiger partial charge on any atom is -0.497 e. The number of hydrogen-bond acceptors (Lipinski definition) is 4. The SMILES string of the molecule is COC(=O)/C=C/[C@H](CO)c1ccc(OC)cc1. The number of carbonyl (C=O) groups excluding carboxylic acids is 1. The van der Waals surface area contributed by atoms with Gasteiger partial charge < -0.3 is 14.6 Å². The standard InChI is InChI=1S/C13H16O4/c1-16-12-6-3-10(4-7-12)11(9-14)5-8-13(15)17-2/h3-8,11,14H,9H2,1-2H3/b8-5+/t11-/m1/s1. The summed E-state index contributed by atoms with van der Waals surface area (Å²) in [7, 11) is 2.91. The monoisotopic (exact) mass is 236 g/mol. The fourth-order valence-corrected chi connectivity index (χ4v) is 1.39. The van der Waals surface area contributed by atoms with Crippen molar-refractivity contribution in [2.24, 2.45) is 0 Å². The van der Waals surface area contributed by atoms with Gasteiger partial charge in [0.2, 0.25) is 0 Å². The van der Waals surface area contributed by atoms with Gasteiger partial charge in [0.1, 0.15) is 5.75 Å². The molecule has 0 aromatic heterocycles. The van der Waals surface area contributed by atoms with Gasteiger partial charge in [0.15, 0.2) is 0 Å². The summed E-state index contributed by atoms with van der Waals surface area (Å²) in [5.74, 6) is 0.0966. The number of carbonyl (C=O) groups is 1. The average molecular weight is 236 g/mol. The van der Waals surface area contributed by atoms with Crippen molar-refractivity contribution in [3.8, 4) is 5.75 Å². The first-order valence-corrected chi connectivity index (χ1v) is 5.22. The van der Waals surface area contributed by atoms with Crippen LogP contribution in [0.25, 0.3) is 0 Å². The Morgan fingerprint density at radius 2 is 2.00 bits per heavy atom. The van der Waals surface area contributed by atoms with Crippen LogP contribution in [0.3, 0.4) is 0 Å². The molecule has 1 atom stereocenters. The highest BCUT2D eigenvalue weighted by Gasteiger charge is 2.07. The molecular weight excluding hydrogens is 220 g/mol. The third-order valence-corrected chi connectivity index (χ3v) is 2.41. The number of methoxy groups -OCH3 is 2. The number of aliphatic hydroxyl groups is 1. The molecule has 1 rings (SSSR count). The summed E-state index contributed by atoms with van der Waals surface area (Å²) in [6, 6.07) is 7.32. The van der Waals surface area contributed by atoms with Gasteiger partial charge in [-0.05, 0) is 17.7 Å². The second-order valence-electron chi connectivity index (χ2n) is 3.44. The van der Waals surface area contributed by atoms with Crippen LogP contribution in [0, 0.1) is 0 Å². The van der Waals surface area contributed by atoms with Crippen LogP contribution in [0.2, 0.25) is 0 Å². The third-order valence-electron chi connectivity index (χ3n) is 2.41. The van der Waals surface area contributed by atoms with E-state index < -0.39 is 5.97 Å². The van der Waals surface area contributed by atoms with E-state index in [1.807, 2.05) is 24.3 Å². The maximum Gasteiger partial charge on any atom is 0.330 e. The molecule has 0 unspecified atom stereocenters. The Kier molecular flexibility index (Phi) is 5.23. The lowest BCUT2D eigenvalue weighted by Gasteiger charge is -2.10. The molecule has 0 fully saturated rings. The van der Waals surface area contributed by atoms with Crippen molar-refractivity contribution in [1.29, 1.82) is 0 Å². The smallest absolute Gasteiger partial charge is 0.330 e. The summed E-state index contributed by atoms with van der Waals surface area (Å²) < 4.78 is 9.53. The fraction of sp³-hybridized carbons (Fsp3) is 0.308. The zero-order valence-corrected chi connectivity index (χ0v) is 9.92. The number of ether oxygens (including phenoxy) is 2. The molecule has 92 valence electrons. The van der Waals surface area contributed by atoms with Crippen molar-refractivity contribution in [1.82, 2.24) is 0 Å². The number of esters is 1. The van der Waals surface area contributed by atoms with Crippen LogP contribution >= 0.6 is 0 Å². The van der Waals surface area contributed by atoms with E-state index in [9.17, 15) is 9.90 Å². The highest BCUT2D eigenvalue weighted by Crippen LogP contribution is 2.20. The Bertz CT molecular complexity index is 381.